The number of ether oxygens (including phenoxy) is 2. The molecule has 4 aliphatic rings. The molecule has 2 saturated carbocycles. The van der Waals surface area contributed by atoms with E-state index >= 15 is 4.39 Å². The Bertz CT molecular complexity index is 1430. The molecule has 3 amide bonds. The lowest BCUT2D eigenvalue weighted by atomic mass is 10.0. The first-order valence-corrected chi connectivity index (χ1v) is 13.9. The van der Waals surface area contributed by atoms with Crippen LogP contribution < -0.4 is 10.2 Å². The van der Waals surface area contributed by atoms with Crippen LogP contribution in [0, 0.1) is 30.1 Å². The topological polar surface area (TPSA) is 105 Å². The molecule has 1 unspecified atom stereocenters. The number of nitrogens with zero attached hydrogens (tertiary/aromatic N) is 4. The number of pyridine rings is 1. The zero-order chi connectivity index (χ0) is 29.1. The number of benzene rings is 1. The van der Waals surface area contributed by atoms with Gasteiger partial charge < -0.3 is 24.5 Å². The molecule has 1 aromatic carbocycles. The van der Waals surface area contributed by atoms with Crippen molar-refractivity contribution in [2.75, 3.05) is 31.1 Å². The van der Waals surface area contributed by atoms with Crippen LogP contribution in [0.3, 0.4) is 0 Å². The predicted octanol–water partition coefficient (Wildman–Crippen LogP) is 4.35. The van der Waals surface area contributed by atoms with Crippen LogP contribution in [0.15, 0.2) is 36.5 Å². The Morgan fingerprint density at radius 2 is 1.93 bits per heavy atom. The molecule has 0 spiro atoms. The predicted molar refractivity (Wildman–Crippen MR) is 146 cm³/mol. The highest BCUT2D eigenvalue weighted by atomic mass is 19.1. The quantitative estimate of drug-likeness (QED) is 0.526. The summed E-state index contributed by atoms with van der Waals surface area (Å²) >= 11 is 0. The van der Waals surface area contributed by atoms with Gasteiger partial charge in [0.05, 0.1) is 30.6 Å². The van der Waals surface area contributed by atoms with Gasteiger partial charge in [-0.1, -0.05) is 6.07 Å². The summed E-state index contributed by atoms with van der Waals surface area (Å²) in [5.74, 6) is -0.518. The molecule has 41 heavy (non-hydrogen) atoms. The van der Waals surface area contributed by atoms with Gasteiger partial charge in [-0.25, -0.2) is 20.6 Å². The highest BCUT2D eigenvalue weighted by Gasteiger charge is 2.78. The van der Waals surface area contributed by atoms with Crippen molar-refractivity contribution in [1.29, 1.82) is 0 Å². The monoisotopic (exact) mass is 561 g/mol. The first-order valence-electron chi connectivity index (χ1n) is 13.9. The van der Waals surface area contributed by atoms with Crippen molar-refractivity contribution >= 4 is 23.8 Å². The number of rotatable bonds is 6. The molecule has 4 fully saturated rings. The third-order valence-electron chi connectivity index (χ3n) is 8.25. The number of hydrogen-bond donors (Lipinski definition) is 1. The van der Waals surface area contributed by atoms with E-state index in [1.807, 2.05) is 20.8 Å². The zero-order valence-corrected chi connectivity index (χ0v) is 23.2. The number of likely N-dealkylation sites (tertiary alicyclic amines) is 1. The molecule has 10 nitrogen and oxygen atoms in total. The summed E-state index contributed by atoms with van der Waals surface area (Å²) in [6.07, 6.45) is 1.88. The third-order valence-corrected chi connectivity index (χ3v) is 8.25. The molecule has 4 atom stereocenters. The number of amides is 3. The number of aromatic nitrogens is 1. The number of hydrogen-bond acceptors (Lipinski definition) is 6. The van der Waals surface area contributed by atoms with E-state index in [4.69, 9.17) is 16.0 Å². The SMILES string of the molecule is [C-]#[N+]C1(c2ccc(-c3ccc(N4C[C@H](CNC(=O)C5CC5)OC4=O)cc3F)cn2)[C@@H]2CN(C(=O)OC(C)(C)C)C[C@@H]21. The van der Waals surface area contributed by atoms with Crippen molar-refractivity contribution < 1.29 is 28.2 Å². The molecule has 11 heteroatoms. The fourth-order valence-electron chi connectivity index (χ4n) is 5.92. The van der Waals surface area contributed by atoms with Crippen LogP contribution in [0.4, 0.5) is 19.7 Å². The summed E-state index contributed by atoms with van der Waals surface area (Å²) in [6.45, 7) is 14.7. The highest BCUT2D eigenvalue weighted by Crippen LogP contribution is 2.64. The van der Waals surface area contributed by atoms with Crippen molar-refractivity contribution in [3.8, 4) is 11.1 Å². The van der Waals surface area contributed by atoms with Crippen LogP contribution >= 0.6 is 0 Å². The molecule has 0 radical (unpaired) electrons. The fourth-order valence-corrected chi connectivity index (χ4v) is 5.92. The second-order valence-corrected chi connectivity index (χ2v) is 12.3. The molecule has 214 valence electrons. The summed E-state index contributed by atoms with van der Waals surface area (Å²) in [4.78, 5) is 48.2. The van der Waals surface area contributed by atoms with Crippen LogP contribution in [0.1, 0.15) is 39.3 Å². The van der Waals surface area contributed by atoms with E-state index in [-0.39, 0.29) is 42.8 Å². The van der Waals surface area contributed by atoms with Crippen LogP contribution in [-0.4, -0.2) is 65.9 Å². The van der Waals surface area contributed by atoms with E-state index < -0.39 is 29.2 Å². The maximum Gasteiger partial charge on any atom is 0.414 e. The Labute approximate surface area is 237 Å². The average molecular weight is 562 g/mol. The summed E-state index contributed by atoms with van der Waals surface area (Å²) < 4.78 is 26.1. The highest BCUT2D eigenvalue weighted by molar-refractivity contribution is 5.90. The second-order valence-electron chi connectivity index (χ2n) is 12.3. The van der Waals surface area contributed by atoms with Crippen LogP contribution in [-0.2, 0) is 19.8 Å². The molecular formula is C30H32FN5O5. The van der Waals surface area contributed by atoms with E-state index in [2.05, 4.69) is 15.1 Å². The Morgan fingerprint density at radius 1 is 1.20 bits per heavy atom. The summed E-state index contributed by atoms with van der Waals surface area (Å²) in [5.41, 5.74) is 0.474. The number of halogens is 1. The second kappa shape index (κ2) is 9.72. The van der Waals surface area contributed by atoms with E-state index in [1.165, 1.54) is 11.0 Å². The lowest BCUT2D eigenvalue weighted by Crippen LogP contribution is -2.38. The molecule has 2 aliphatic heterocycles. The van der Waals surface area contributed by atoms with Crippen molar-refractivity contribution in [2.24, 2.45) is 17.8 Å². The molecule has 6 rings (SSSR count). The summed E-state index contributed by atoms with van der Waals surface area (Å²) in [7, 11) is 0. The van der Waals surface area contributed by atoms with Crippen LogP contribution in [0.25, 0.3) is 16.0 Å². The van der Waals surface area contributed by atoms with E-state index in [1.54, 1.807) is 35.4 Å². The molecule has 0 bridgehead atoms. The maximum atomic E-state index is 15.2. The lowest BCUT2D eigenvalue weighted by molar-refractivity contribution is -0.122. The maximum absolute atomic E-state index is 15.2. The van der Waals surface area contributed by atoms with Gasteiger partial charge in [0.2, 0.25) is 5.91 Å². The van der Waals surface area contributed by atoms with Gasteiger partial charge in [0.1, 0.15) is 23.2 Å². The minimum absolute atomic E-state index is 0.0204. The van der Waals surface area contributed by atoms with Crippen molar-refractivity contribution in [1.82, 2.24) is 15.2 Å². The third kappa shape index (κ3) is 4.96. The molecule has 3 heterocycles. The number of carbonyl (C=O) groups is 3. The Morgan fingerprint density at radius 3 is 2.51 bits per heavy atom. The number of nitrogens with one attached hydrogen (secondary N) is 1. The molecule has 1 aromatic heterocycles. The zero-order valence-electron chi connectivity index (χ0n) is 23.2. The smallest absolute Gasteiger partial charge is 0.414 e. The normalized spacial score (nSPS) is 26.7. The van der Waals surface area contributed by atoms with E-state index in [0.29, 0.717) is 35.6 Å². The molecule has 1 N–H and O–H groups in total. The van der Waals surface area contributed by atoms with Gasteiger partial charge in [-0.3, -0.25) is 14.7 Å². The average Bonchev–Trinajstić information content (AvgIpc) is 3.79. The van der Waals surface area contributed by atoms with Gasteiger partial charge in [-0.2, -0.15) is 0 Å². The van der Waals surface area contributed by atoms with Crippen molar-refractivity contribution in [2.45, 2.75) is 50.9 Å². The van der Waals surface area contributed by atoms with Crippen molar-refractivity contribution in [3.63, 3.8) is 0 Å². The largest absolute Gasteiger partial charge is 0.444 e. The first-order chi connectivity index (χ1) is 19.5. The van der Waals surface area contributed by atoms with Gasteiger partial charge in [-0.05, 0) is 57.9 Å². The van der Waals surface area contributed by atoms with Gasteiger partial charge in [0, 0.05) is 36.3 Å². The lowest BCUT2D eigenvalue weighted by Gasteiger charge is -2.26. The number of cyclic esters (lactones) is 1. The summed E-state index contributed by atoms with van der Waals surface area (Å²) in [5, 5.41) is 2.81. The van der Waals surface area contributed by atoms with Crippen LogP contribution in [0.5, 0.6) is 0 Å². The minimum Gasteiger partial charge on any atom is -0.444 e. The van der Waals surface area contributed by atoms with E-state index in [0.717, 1.165) is 12.8 Å². The summed E-state index contributed by atoms with van der Waals surface area (Å²) in [6, 6.07) is 8.03. The number of piperidine rings is 1. The standard InChI is InChI=1S/C30H32FN5O5/c1-29(2,3)41-27(38)35-15-22-23(16-35)30(22,32-4)25-10-7-18(12-33-25)21-9-8-19(11-24(21)31)36-14-20(40-28(36)39)13-34-26(37)17-5-6-17/h7-12,17,20,22-23H,5-6,13-16H2,1-3H3,(H,34,37)/t20-,22-,23+,30?/m0/s1. The number of fused-ring (bicyclic) bond motifs is 1. The molecule has 2 aromatic rings. The Balaban J connectivity index is 1.10. The molecule has 2 aliphatic carbocycles. The minimum atomic E-state index is -0.787. The number of carbonyl (C=O) groups excluding carboxylic acids is 3. The van der Waals surface area contributed by atoms with E-state index in [9.17, 15) is 14.4 Å². The Hall–Kier alpha value is -4.20. The first kappa shape index (κ1) is 27.0. The molecular weight excluding hydrogens is 529 g/mol. The van der Waals surface area contributed by atoms with Gasteiger partial charge >= 0.3 is 12.2 Å². The van der Waals surface area contributed by atoms with Gasteiger partial charge in [0.25, 0.3) is 5.54 Å². The number of anilines is 1. The fraction of sp³-hybridized carbons (Fsp3) is 0.500. The van der Waals surface area contributed by atoms with Gasteiger partial charge in [-0.15, -0.1) is 0 Å². The van der Waals surface area contributed by atoms with Gasteiger partial charge in [0.15, 0.2) is 0 Å². The Kier molecular flexibility index (Phi) is 6.40. The molecule has 2 saturated heterocycles. The van der Waals surface area contributed by atoms with Crippen LogP contribution in [0.2, 0.25) is 0 Å². The van der Waals surface area contributed by atoms with Crippen molar-refractivity contribution in [3.05, 3.63) is 59.5 Å².